The van der Waals surface area contributed by atoms with Crippen molar-refractivity contribution in [2.45, 2.75) is 6.42 Å². The summed E-state index contributed by atoms with van der Waals surface area (Å²) in [5.41, 5.74) is 0.391. The molecule has 1 heterocycles. The molecule has 0 amide bonds. The monoisotopic (exact) mass is 238 g/mol. The molecule has 0 fully saturated rings. The molecule has 0 saturated carbocycles. The molecule has 0 aliphatic rings. The van der Waals surface area contributed by atoms with Gasteiger partial charge in [0, 0.05) is 16.2 Å². The predicted molar refractivity (Wildman–Crippen MR) is 54.0 cm³/mol. The highest BCUT2D eigenvalue weighted by atomic mass is 79.9. The number of halogens is 1. The molecule has 1 N–H and O–H groups in total. The first kappa shape index (κ1) is 9.75. The van der Waals surface area contributed by atoms with E-state index in [-0.39, 0.29) is 5.56 Å². The maximum atomic E-state index is 11.2. The van der Waals surface area contributed by atoms with Crippen LogP contribution in [0.5, 0.6) is 0 Å². The second-order valence-corrected chi connectivity index (χ2v) is 3.28. The van der Waals surface area contributed by atoms with Gasteiger partial charge in [0.25, 0.3) is 5.56 Å². The van der Waals surface area contributed by atoms with Gasteiger partial charge >= 0.3 is 0 Å². The maximum Gasteiger partial charge on any atom is 0.255 e. The largest absolute Gasteiger partial charge is 0.327 e. The summed E-state index contributed by atoms with van der Waals surface area (Å²) in [7, 11) is 0. The Bertz CT molecular complexity index is 414. The molecule has 4 heteroatoms. The Morgan fingerprint density at radius 2 is 2.46 bits per heavy atom. The van der Waals surface area contributed by atoms with E-state index in [1.54, 1.807) is 24.4 Å². The Balaban J connectivity index is 2.95. The average molecular weight is 239 g/mol. The summed E-state index contributed by atoms with van der Waals surface area (Å²) in [6.45, 7) is 0. The molecular formula is C9H7BrN2O. The number of allylic oxidation sites excluding steroid dienone is 1. The lowest BCUT2D eigenvalue weighted by molar-refractivity contribution is 1.21. The molecule has 0 saturated heterocycles. The van der Waals surface area contributed by atoms with Crippen LogP contribution in [-0.4, -0.2) is 4.98 Å². The number of nitrogens with one attached hydrogen (secondary N) is 1. The molecule has 0 atom stereocenters. The molecule has 0 aliphatic carbocycles. The van der Waals surface area contributed by atoms with E-state index in [9.17, 15) is 4.79 Å². The Kier molecular flexibility index (Phi) is 3.47. The van der Waals surface area contributed by atoms with Crippen LogP contribution in [0, 0.1) is 11.3 Å². The Hall–Kier alpha value is -1.34. The van der Waals surface area contributed by atoms with Crippen LogP contribution in [0.1, 0.15) is 12.0 Å². The second-order valence-electron chi connectivity index (χ2n) is 2.37. The third-order valence-corrected chi connectivity index (χ3v) is 1.86. The van der Waals surface area contributed by atoms with Gasteiger partial charge in [0.05, 0.1) is 12.5 Å². The molecule has 0 radical (unpaired) electrons. The van der Waals surface area contributed by atoms with E-state index >= 15 is 0 Å². The van der Waals surface area contributed by atoms with E-state index in [2.05, 4.69) is 20.9 Å². The van der Waals surface area contributed by atoms with E-state index in [0.717, 1.165) is 4.47 Å². The lowest BCUT2D eigenvalue weighted by Gasteiger charge is -1.92. The highest BCUT2D eigenvalue weighted by Crippen LogP contribution is 2.07. The Morgan fingerprint density at radius 3 is 3.15 bits per heavy atom. The van der Waals surface area contributed by atoms with Crippen molar-refractivity contribution in [1.82, 2.24) is 4.98 Å². The molecule has 66 valence electrons. The van der Waals surface area contributed by atoms with Crippen molar-refractivity contribution in [3.8, 4) is 6.07 Å². The number of aromatic nitrogens is 1. The summed E-state index contributed by atoms with van der Waals surface area (Å²) in [4.78, 5) is 13.7. The van der Waals surface area contributed by atoms with Crippen LogP contribution < -0.4 is 5.56 Å². The topological polar surface area (TPSA) is 56.6 Å². The molecule has 1 aromatic heterocycles. The summed E-state index contributed by atoms with van der Waals surface area (Å²) < 4.78 is 0.809. The van der Waals surface area contributed by atoms with Crippen molar-refractivity contribution >= 4 is 22.0 Å². The molecule has 0 aliphatic heterocycles. The van der Waals surface area contributed by atoms with Crippen LogP contribution in [0.4, 0.5) is 0 Å². The van der Waals surface area contributed by atoms with Gasteiger partial charge in [-0.1, -0.05) is 12.2 Å². The van der Waals surface area contributed by atoms with Gasteiger partial charge in [-0.05, 0) is 22.0 Å². The van der Waals surface area contributed by atoms with Gasteiger partial charge in [-0.2, -0.15) is 5.26 Å². The van der Waals surface area contributed by atoms with E-state index in [1.165, 1.54) is 0 Å². The van der Waals surface area contributed by atoms with Gasteiger partial charge in [0.1, 0.15) is 0 Å². The lowest BCUT2D eigenvalue weighted by Crippen LogP contribution is -2.07. The summed E-state index contributed by atoms with van der Waals surface area (Å²) in [6.07, 6.45) is 5.17. The standard InChI is InChI=1S/C9H7BrN2O/c10-8-5-7(3-1-2-4-11)9(13)12-6-8/h1,3,5-6H,2H2,(H,12,13). The van der Waals surface area contributed by atoms with E-state index in [4.69, 9.17) is 5.26 Å². The summed E-state index contributed by atoms with van der Waals surface area (Å²) in [6, 6.07) is 3.66. The van der Waals surface area contributed by atoms with Gasteiger partial charge < -0.3 is 4.98 Å². The fourth-order valence-electron chi connectivity index (χ4n) is 0.836. The van der Waals surface area contributed by atoms with Crippen molar-refractivity contribution in [2.24, 2.45) is 0 Å². The average Bonchev–Trinajstić information content (AvgIpc) is 2.11. The smallest absolute Gasteiger partial charge is 0.255 e. The molecule has 1 rings (SSSR count). The summed E-state index contributed by atoms with van der Waals surface area (Å²) >= 11 is 3.24. The lowest BCUT2D eigenvalue weighted by atomic mass is 10.2. The third-order valence-electron chi connectivity index (χ3n) is 1.40. The Labute approximate surface area is 83.8 Å². The van der Waals surface area contributed by atoms with Gasteiger partial charge in [0.2, 0.25) is 0 Å². The van der Waals surface area contributed by atoms with Gasteiger partial charge in [0.15, 0.2) is 0 Å². The molecule has 0 aromatic carbocycles. The van der Waals surface area contributed by atoms with Gasteiger partial charge in [-0.15, -0.1) is 0 Å². The zero-order valence-corrected chi connectivity index (χ0v) is 8.34. The summed E-state index contributed by atoms with van der Waals surface area (Å²) in [5.74, 6) is 0. The fourth-order valence-corrected chi connectivity index (χ4v) is 1.20. The van der Waals surface area contributed by atoms with Gasteiger partial charge in [-0.25, -0.2) is 0 Å². The zero-order chi connectivity index (χ0) is 9.68. The highest BCUT2D eigenvalue weighted by molar-refractivity contribution is 9.10. The van der Waals surface area contributed by atoms with E-state index in [0.29, 0.717) is 12.0 Å². The quantitative estimate of drug-likeness (QED) is 0.858. The Morgan fingerprint density at radius 1 is 1.69 bits per heavy atom. The molecule has 0 spiro atoms. The first-order valence-electron chi connectivity index (χ1n) is 3.66. The van der Waals surface area contributed by atoms with Crippen LogP contribution in [0.3, 0.4) is 0 Å². The third kappa shape index (κ3) is 2.88. The molecule has 3 nitrogen and oxygen atoms in total. The van der Waals surface area contributed by atoms with Crippen LogP contribution in [0.25, 0.3) is 6.08 Å². The van der Waals surface area contributed by atoms with Crippen molar-refractivity contribution in [3.05, 3.63) is 38.7 Å². The van der Waals surface area contributed by atoms with E-state index < -0.39 is 0 Å². The van der Waals surface area contributed by atoms with E-state index in [1.807, 2.05) is 6.07 Å². The van der Waals surface area contributed by atoms with Crippen molar-refractivity contribution < 1.29 is 0 Å². The minimum Gasteiger partial charge on any atom is -0.327 e. The maximum absolute atomic E-state index is 11.2. The molecule has 1 aromatic rings. The summed E-state index contributed by atoms with van der Waals surface area (Å²) in [5, 5.41) is 8.27. The fraction of sp³-hybridized carbons (Fsp3) is 0.111. The number of rotatable bonds is 2. The molecule has 0 unspecified atom stereocenters. The van der Waals surface area contributed by atoms with Gasteiger partial charge in [-0.3, -0.25) is 4.79 Å². The van der Waals surface area contributed by atoms with Crippen LogP contribution in [-0.2, 0) is 0 Å². The SMILES string of the molecule is N#CCC=Cc1cc(Br)c[nH]c1=O. The van der Waals surface area contributed by atoms with Crippen LogP contribution in [0.15, 0.2) is 27.6 Å². The second kappa shape index (κ2) is 4.63. The number of hydrogen-bond acceptors (Lipinski definition) is 2. The first-order valence-corrected chi connectivity index (χ1v) is 4.45. The molecule has 0 bridgehead atoms. The number of nitriles is 1. The predicted octanol–water partition coefficient (Wildman–Crippen LogP) is 2.06. The zero-order valence-electron chi connectivity index (χ0n) is 6.75. The number of hydrogen-bond donors (Lipinski definition) is 1. The van der Waals surface area contributed by atoms with Crippen molar-refractivity contribution in [1.29, 1.82) is 5.26 Å². The highest BCUT2D eigenvalue weighted by Gasteiger charge is 1.94. The minimum absolute atomic E-state index is 0.155. The number of H-pyrrole nitrogens is 1. The number of aromatic amines is 1. The molecule has 13 heavy (non-hydrogen) atoms. The van der Waals surface area contributed by atoms with Crippen molar-refractivity contribution in [2.75, 3.05) is 0 Å². The number of nitrogens with zero attached hydrogens (tertiary/aromatic N) is 1. The minimum atomic E-state index is -0.155. The molecular weight excluding hydrogens is 232 g/mol. The van der Waals surface area contributed by atoms with Crippen LogP contribution >= 0.6 is 15.9 Å². The number of pyridine rings is 1. The van der Waals surface area contributed by atoms with Crippen LogP contribution in [0.2, 0.25) is 0 Å². The van der Waals surface area contributed by atoms with Crippen molar-refractivity contribution in [3.63, 3.8) is 0 Å². The normalized spacial score (nSPS) is 10.2. The first-order chi connectivity index (χ1) is 6.24.